The van der Waals surface area contributed by atoms with E-state index in [1.54, 1.807) is 0 Å². The molecule has 14 heavy (non-hydrogen) atoms. The molecule has 80 valence electrons. The monoisotopic (exact) mass is 197 g/mol. The summed E-state index contributed by atoms with van der Waals surface area (Å²) in [7, 11) is 0. The third-order valence-corrected chi connectivity index (χ3v) is 1.64. The van der Waals surface area contributed by atoms with Crippen molar-refractivity contribution in [3.05, 3.63) is 12.2 Å². The number of rotatable bonds is 6. The number of ketones is 1. The van der Waals surface area contributed by atoms with Crippen LogP contribution in [0.5, 0.6) is 0 Å². The van der Waals surface area contributed by atoms with Gasteiger partial charge in [0.05, 0.1) is 0 Å². The molecule has 0 saturated carbocycles. The van der Waals surface area contributed by atoms with E-state index in [0.717, 1.165) is 0 Å². The zero-order valence-electron chi connectivity index (χ0n) is 9.17. The van der Waals surface area contributed by atoms with Crippen LogP contribution in [-0.4, -0.2) is 18.2 Å². The molecule has 0 aliphatic heterocycles. The highest BCUT2D eigenvalue weighted by atomic mass is 16.2. The van der Waals surface area contributed by atoms with Gasteiger partial charge in [0.15, 0.2) is 0 Å². The standard InChI is InChI=1S/C11H19NO2/c1-9(2)5-4-8-12-11(14)7-6-10(3)13/h4-5,9H,6-8H2,1-3H3,(H,12,14)/b5-4+. The molecule has 3 heteroatoms. The average Bonchev–Trinajstić information content (AvgIpc) is 2.08. The molecule has 0 heterocycles. The van der Waals surface area contributed by atoms with E-state index in [9.17, 15) is 9.59 Å². The van der Waals surface area contributed by atoms with Gasteiger partial charge in [-0.1, -0.05) is 26.0 Å². The molecule has 0 spiro atoms. The molecular weight excluding hydrogens is 178 g/mol. The van der Waals surface area contributed by atoms with Crippen LogP contribution in [0, 0.1) is 5.92 Å². The number of carbonyl (C=O) groups excluding carboxylic acids is 2. The van der Waals surface area contributed by atoms with E-state index < -0.39 is 0 Å². The predicted molar refractivity (Wildman–Crippen MR) is 56.9 cm³/mol. The normalized spacial score (nSPS) is 10.9. The fourth-order valence-electron chi connectivity index (χ4n) is 0.891. The number of nitrogens with one attached hydrogen (secondary N) is 1. The number of Topliss-reactive ketones (excluding diaryl/α,β-unsaturated/α-hetero) is 1. The van der Waals surface area contributed by atoms with Crippen LogP contribution >= 0.6 is 0 Å². The lowest BCUT2D eigenvalue weighted by atomic mass is 10.2. The van der Waals surface area contributed by atoms with Gasteiger partial charge in [0, 0.05) is 19.4 Å². The maximum atomic E-state index is 11.1. The Morgan fingerprint density at radius 1 is 1.29 bits per heavy atom. The van der Waals surface area contributed by atoms with Crippen molar-refractivity contribution in [3.63, 3.8) is 0 Å². The van der Waals surface area contributed by atoms with Crippen molar-refractivity contribution in [2.45, 2.75) is 33.6 Å². The van der Waals surface area contributed by atoms with Gasteiger partial charge in [-0.05, 0) is 12.8 Å². The smallest absolute Gasteiger partial charge is 0.220 e. The molecule has 0 aromatic carbocycles. The van der Waals surface area contributed by atoms with Gasteiger partial charge in [-0.2, -0.15) is 0 Å². The number of amides is 1. The molecule has 0 atom stereocenters. The maximum Gasteiger partial charge on any atom is 0.220 e. The van der Waals surface area contributed by atoms with Gasteiger partial charge in [0.2, 0.25) is 5.91 Å². The molecule has 0 aliphatic rings. The lowest BCUT2D eigenvalue weighted by Crippen LogP contribution is -2.23. The van der Waals surface area contributed by atoms with Crippen LogP contribution in [0.1, 0.15) is 33.6 Å². The molecular formula is C11H19NO2. The van der Waals surface area contributed by atoms with E-state index in [4.69, 9.17) is 0 Å². The first-order chi connectivity index (χ1) is 6.52. The Morgan fingerprint density at radius 2 is 1.93 bits per heavy atom. The van der Waals surface area contributed by atoms with Crippen LogP contribution < -0.4 is 5.32 Å². The lowest BCUT2D eigenvalue weighted by Gasteiger charge is -2.00. The van der Waals surface area contributed by atoms with Crippen LogP contribution in [0.2, 0.25) is 0 Å². The summed E-state index contributed by atoms with van der Waals surface area (Å²) in [6.45, 7) is 6.20. The molecule has 0 unspecified atom stereocenters. The topological polar surface area (TPSA) is 46.2 Å². The molecule has 3 nitrogen and oxygen atoms in total. The summed E-state index contributed by atoms with van der Waals surface area (Å²) in [5, 5.41) is 2.72. The number of allylic oxidation sites excluding steroid dienone is 1. The molecule has 0 radical (unpaired) electrons. The zero-order chi connectivity index (χ0) is 11.0. The van der Waals surface area contributed by atoms with E-state index >= 15 is 0 Å². The van der Waals surface area contributed by atoms with Gasteiger partial charge < -0.3 is 10.1 Å². The molecule has 0 bridgehead atoms. The van der Waals surface area contributed by atoms with Gasteiger partial charge in [0.1, 0.15) is 5.78 Å². The fraction of sp³-hybridized carbons (Fsp3) is 0.636. The first-order valence-electron chi connectivity index (χ1n) is 4.95. The highest BCUT2D eigenvalue weighted by Crippen LogP contribution is 1.93. The van der Waals surface area contributed by atoms with E-state index in [-0.39, 0.29) is 11.7 Å². The predicted octanol–water partition coefficient (Wildman–Crippen LogP) is 1.68. The van der Waals surface area contributed by atoms with Gasteiger partial charge in [-0.3, -0.25) is 4.79 Å². The molecule has 0 fully saturated rings. The van der Waals surface area contributed by atoms with E-state index in [2.05, 4.69) is 19.2 Å². The largest absolute Gasteiger partial charge is 0.353 e. The van der Waals surface area contributed by atoms with Crippen molar-refractivity contribution in [2.75, 3.05) is 6.54 Å². The maximum absolute atomic E-state index is 11.1. The second-order valence-corrected chi connectivity index (χ2v) is 3.68. The van der Waals surface area contributed by atoms with Crippen molar-refractivity contribution in [1.82, 2.24) is 5.32 Å². The summed E-state index contributed by atoms with van der Waals surface area (Å²) in [5.41, 5.74) is 0. The van der Waals surface area contributed by atoms with Crippen molar-refractivity contribution in [1.29, 1.82) is 0 Å². The zero-order valence-corrected chi connectivity index (χ0v) is 9.17. The second kappa shape index (κ2) is 7.30. The van der Waals surface area contributed by atoms with Crippen LogP contribution in [-0.2, 0) is 9.59 Å². The minimum Gasteiger partial charge on any atom is -0.353 e. The lowest BCUT2D eigenvalue weighted by molar-refractivity contribution is -0.124. The molecule has 0 aromatic rings. The minimum atomic E-state index is -0.0615. The van der Waals surface area contributed by atoms with E-state index in [1.165, 1.54) is 6.92 Å². The van der Waals surface area contributed by atoms with Crippen molar-refractivity contribution in [2.24, 2.45) is 5.92 Å². The van der Waals surface area contributed by atoms with Gasteiger partial charge in [-0.15, -0.1) is 0 Å². The molecule has 0 aliphatic carbocycles. The van der Waals surface area contributed by atoms with E-state index in [0.29, 0.717) is 25.3 Å². The second-order valence-electron chi connectivity index (χ2n) is 3.68. The third-order valence-electron chi connectivity index (χ3n) is 1.64. The van der Waals surface area contributed by atoms with Gasteiger partial charge in [0.25, 0.3) is 0 Å². The van der Waals surface area contributed by atoms with Gasteiger partial charge >= 0.3 is 0 Å². The summed E-state index contributed by atoms with van der Waals surface area (Å²) in [4.78, 5) is 21.7. The molecule has 1 N–H and O–H groups in total. The summed E-state index contributed by atoms with van der Waals surface area (Å²) in [6.07, 6.45) is 4.59. The molecule has 0 saturated heterocycles. The minimum absolute atomic E-state index is 0.0536. The Bertz CT molecular complexity index is 219. The average molecular weight is 197 g/mol. The highest BCUT2D eigenvalue weighted by molar-refractivity contribution is 5.83. The molecule has 0 rings (SSSR count). The Labute approximate surface area is 85.6 Å². The van der Waals surface area contributed by atoms with Crippen molar-refractivity contribution < 1.29 is 9.59 Å². The Hall–Kier alpha value is -1.12. The van der Waals surface area contributed by atoms with Crippen molar-refractivity contribution >= 4 is 11.7 Å². The molecule has 0 aromatic heterocycles. The van der Waals surface area contributed by atoms with Crippen LogP contribution in [0.15, 0.2) is 12.2 Å². The van der Waals surface area contributed by atoms with Crippen molar-refractivity contribution in [3.8, 4) is 0 Å². The number of carbonyl (C=O) groups is 2. The first kappa shape index (κ1) is 12.9. The summed E-state index contributed by atoms with van der Waals surface area (Å²) in [6, 6.07) is 0. The van der Waals surface area contributed by atoms with Crippen LogP contribution in [0.25, 0.3) is 0 Å². The SMILES string of the molecule is CC(=O)CCC(=O)NC/C=C/C(C)C. The fourth-order valence-corrected chi connectivity index (χ4v) is 0.891. The number of hydrogen-bond donors (Lipinski definition) is 1. The van der Waals surface area contributed by atoms with Gasteiger partial charge in [-0.25, -0.2) is 0 Å². The highest BCUT2D eigenvalue weighted by Gasteiger charge is 2.00. The summed E-state index contributed by atoms with van der Waals surface area (Å²) < 4.78 is 0. The van der Waals surface area contributed by atoms with Crippen LogP contribution in [0.3, 0.4) is 0 Å². The first-order valence-corrected chi connectivity index (χ1v) is 4.95. The number of hydrogen-bond acceptors (Lipinski definition) is 2. The summed E-state index contributed by atoms with van der Waals surface area (Å²) >= 11 is 0. The van der Waals surface area contributed by atoms with E-state index in [1.807, 2.05) is 12.2 Å². The quantitative estimate of drug-likeness (QED) is 0.658. The van der Waals surface area contributed by atoms with Crippen LogP contribution in [0.4, 0.5) is 0 Å². The Kier molecular flexibility index (Phi) is 6.72. The Balaban J connectivity index is 3.49. The Morgan fingerprint density at radius 3 is 2.43 bits per heavy atom. The third kappa shape index (κ3) is 8.97. The summed E-state index contributed by atoms with van der Waals surface area (Å²) in [5.74, 6) is 0.496. The molecule has 1 amide bonds.